The number of hydrogen-bond acceptors (Lipinski definition) is 3. The van der Waals surface area contributed by atoms with Crippen molar-refractivity contribution in [2.75, 3.05) is 0 Å². The van der Waals surface area contributed by atoms with E-state index >= 15 is 0 Å². The molecule has 5 heteroatoms. The van der Waals surface area contributed by atoms with E-state index in [1.54, 1.807) is 10.7 Å². The lowest BCUT2D eigenvalue weighted by Gasteiger charge is -1.98. The number of nitrogens with zero attached hydrogens (tertiary/aromatic N) is 3. The molecule has 100 valence electrons. The predicted molar refractivity (Wildman–Crippen MR) is 73.9 cm³/mol. The molecule has 0 bridgehead atoms. The van der Waals surface area contributed by atoms with Crippen LogP contribution in [0.2, 0.25) is 0 Å². The van der Waals surface area contributed by atoms with Crippen molar-refractivity contribution >= 4 is 11.6 Å². The second kappa shape index (κ2) is 4.77. The maximum Gasteiger partial charge on any atom is 0.335 e. The minimum absolute atomic E-state index is 0.215. The van der Waals surface area contributed by atoms with Gasteiger partial charge in [0, 0.05) is 12.6 Å². The van der Waals surface area contributed by atoms with Crippen LogP contribution in [0, 0.1) is 6.92 Å². The molecule has 0 radical (unpaired) electrons. The zero-order valence-electron chi connectivity index (χ0n) is 10.9. The summed E-state index contributed by atoms with van der Waals surface area (Å²) < 4.78 is 1.59. The number of fused-ring (bicyclic) bond motifs is 1. The maximum absolute atomic E-state index is 10.9. The first-order valence-corrected chi connectivity index (χ1v) is 6.26. The third-order valence-electron chi connectivity index (χ3n) is 3.07. The molecule has 3 aromatic rings. The van der Waals surface area contributed by atoms with Crippen LogP contribution in [0.3, 0.4) is 0 Å². The SMILES string of the molecule is Cc1cccc(Cc2nc3cc(C(=O)O)ccn3n2)c1. The normalized spacial score (nSPS) is 10.8. The molecule has 0 saturated carbocycles. The average molecular weight is 267 g/mol. The third-order valence-corrected chi connectivity index (χ3v) is 3.07. The fourth-order valence-electron chi connectivity index (χ4n) is 2.14. The van der Waals surface area contributed by atoms with Gasteiger partial charge in [0.15, 0.2) is 11.5 Å². The summed E-state index contributed by atoms with van der Waals surface area (Å²) in [4.78, 5) is 15.3. The summed E-state index contributed by atoms with van der Waals surface area (Å²) in [5.41, 5.74) is 3.10. The fourth-order valence-corrected chi connectivity index (χ4v) is 2.14. The number of aryl methyl sites for hydroxylation is 1. The topological polar surface area (TPSA) is 67.5 Å². The van der Waals surface area contributed by atoms with Crippen molar-refractivity contribution in [3.63, 3.8) is 0 Å². The lowest BCUT2D eigenvalue weighted by Crippen LogP contribution is -1.97. The Labute approximate surface area is 115 Å². The van der Waals surface area contributed by atoms with Crippen LogP contribution < -0.4 is 0 Å². The van der Waals surface area contributed by atoms with Crippen molar-refractivity contribution in [1.29, 1.82) is 0 Å². The zero-order chi connectivity index (χ0) is 14.1. The molecular formula is C15H13N3O2. The van der Waals surface area contributed by atoms with Crippen LogP contribution in [-0.4, -0.2) is 25.7 Å². The van der Waals surface area contributed by atoms with Crippen molar-refractivity contribution in [2.45, 2.75) is 13.3 Å². The second-order valence-electron chi connectivity index (χ2n) is 4.72. The van der Waals surface area contributed by atoms with Crippen LogP contribution in [0.5, 0.6) is 0 Å². The smallest absolute Gasteiger partial charge is 0.335 e. The largest absolute Gasteiger partial charge is 0.478 e. The van der Waals surface area contributed by atoms with E-state index < -0.39 is 5.97 Å². The number of carboxylic acids is 1. The standard InChI is InChI=1S/C15H13N3O2/c1-10-3-2-4-11(7-10)8-13-16-14-9-12(15(19)20)5-6-18(14)17-13/h2-7,9H,8H2,1H3,(H,19,20). The highest BCUT2D eigenvalue weighted by atomic mass is 16.4. The van der Waals surface area contributed by atoms with Crippen LogP contribution in [0.1, 0.15) is 27.3 Å². The summed E-state index contributed by atoms with van der Waals surface area (Å²) >= 11 is 0. The van der Waals surface area contributed by atoms with Gasteiger partial charge in [-0.1, -0.05) is 29.8 Å². The number of hydrogen-bond donors (Lipinski definition) is 1. The van der Waals surface area contributed by atoms with Gasteiger partial charge in [-0.3, -0.25) is 0 Å². The summed E-state index contributed by atoms with van der Waals surface area (Å²) in [7, 11) is 0. The van der Waals surface area contributed by atoms with Gasteiger partial charge in [0.25, 0.3) is 0 Å². The van der Waals surface area contributed by atoms with E-state index in [1.807, 2.05) is 25.1 Å². The molecule has 2 aromatic heterocycles. The van der Waals surface area contributed by atoms with Gasteiger partial charge in [0.1, 0.15) is 0 Å². The summed E-state index contributed by atoms with van der Waals surface area (Å²) in [6, 6.07) is 11.2. The zero-order valence-corrected chi connectivity index (χ0v) is 10.9. The first-order chi connectivity index (χ1) is 9.61. The predicted octanol–water partition coefficient (Wildman–Crippen LogP) is 2.33. The molecule has 3 rings (SSSR count). The average Bonchev–Trinajstić information content (AvgIpc) is 2.79. The molecule has 0 saturated heterocycles. The van der Waals surface area contributed by atoms with Crippen LogP contribution >= 0.6 is 0 Å². The molecule has 0 aliphatic heterocycles. The molecule has 0 unspecified atom stereocenters. The van der Waals surface area contributed by atoms with Crippen LogP contribution in [0.4, 0.5) is 0 Å². The highest BCUT2D eigenvalue weighted by molar-refractivity contribution is 5.88. The monoisotopic (exact) mass is 267 g/mol. The lowest BCUT2D eigenvalue weighted by molar-refractivity contribution is 0.0697. The molecular weight excluding hydrogens is 254 g/mol. The number of carboxylic acid groups (broad SMARTS) is 1. The van der Waals surface area contributed by atoms with E-state index in [0.717, 1.165) is 5.56 Å². The Bertz CT molecular complexity index is 793. The molecule has 0 aliphatic carbocycles. The van der Waals surface area contributed by atoms with E-state index in [1.165, 1.54) is 17.7 Å². The quantitative estimate of drug-likeness (QED) is 0.790. The minimum atomic E-state index is -0.962. The number of carbonyl (C=O) groups is 1. The van der Waals surface area contributed by atoms with Crippen molar-refractivity contribution < 1.29 is 9.90 Å². The van der Waals surface area contributed by atoms with Gasteiger partial charge < -0.3 is 5.11 Å². The Kier molecular flexibility index (Phi) is 2.95. The Morgan fingerprint density at radius 2 is 2.15 bits per heavy atom. The van der Waals surface area contributed by atoms with Crippen molar-refractivity contribution in [3.8, 4) is 0 Å². The molecule has 5 nitrogen and oxygen atoms in total. The number of aromatic carboxylic acids is 1. The van der Waals surface area contributed by atoms with Gasteiger partial charge in [-0.05, 0) is 24.6 Å². The van der Waals surface area contributed by atoms with Gasteiger partial charge in [0.05, 0.1) is 5.56 Å². The van der Waals surface area contributed by atoms with Gasteiger partial charge >= 0.3 is 5.97 Å². The highest BCUT2D eigenvalue weighted by Crippen LogP contribution is 2.11. The molecule has 0 aliphatic rings. The Morgan fingerprint density at radius 3 is 2.90 bits per heavy atom. The van der Waals surface area contributed by atoms with Crippen LogP contribution in [0.25, 0.3) is 5.65 Å². The van der Waals surface area contributed by atoms with Crippen LogP contribution in [0.15, 0.2) is 42.6 Å². The van der Waals surface area contributed by atoms with E-state index in [0.29, 0.717) is 17.9 Å². The maximum atomic E-state index is 10.9. The van der Waals surface area contributed by atoms with Crippen molar-refractivity contribution in [1.82, 2.24) is 14.6 Å². The van der Waals surface area contributed by atoms with Crippen molar-refractivity contribution in [3.05, 3.63) is 65.1 Å². The van der Waals surface area contributed by atoms with E-state index in [-0.39, 0.29) is 5.56 Å². The molecule has 0 fully saturated rings. The van der Waals surface area contributed by atoms with Gasteiger partial charge in [-0.25, -0.2) is 14.3 Å². The second-order valence-corrected chi connectivity index (χ2v) is 4.72. The van der Waals surface area contributed by atoms with E-state index in [9.17, 15) is 4.79 Å². The van der Waals surface area contributed by atoms with Crippen molar-refractivity contribution in [2.24, 2.45) is 0 Å². The summed E-state index contributed by atoms with van der Waals surface area (Å²) in [5, 5.41) is 13.3. The molecule has 0 spiro atoms. The van der Waals surface area contributed by atoms with Gasteiger partial charge in [-0.2, -0.15) is 5.10 Å². The summed E-state index contributed by atoms with van der Waals surface area (Å²) in [6.45, 7) is 2.04. The molecule has 0 amide bonds. The number of aromatic nitrogens is 3. The highest BCUT2D eigenvalue weighted by Gasteiger charge is 2.08. The fraction of sp³-hybridized carbons (Fsp3) is 0.133. The first kappa shape index (κ1) is 12.3. The minimum Gasteiger partial charge on any atom is -0.478 e. The lowest BCUT2D eigenvalue weighted by atomic mass is 10.1. The van der Waals surface area contributed by atoms with Gasteiger partial charge in [-0.15, -0.1) is 0 Å². The van der Waals surface area contributed by atoms with E-state index in [2.05, 4.69) is 16.1 Å². The molecule has 2 heterocycles. The Hall–Kier alpha value is -2.69. The number of rotatable bonds is 3. The Balaban J connectivity index is 1.95. The number of pyridine rings is 1. The summed E-state index contributed by atoms with van der Waals surface area (Å²) in [5.74, 6) is -0.283. The Morgan fingerprint density at radius 1 is 1.30 bits per heavy atom. The number of benzene rings is 1. The van der Waals surface area contributed by atoms with Gasteiger partial charge in [0.2, 0.25) is 0 Å². The third kappa shape index (κ3) is 2.38. The van der Waals surface area contributed by atoms with Crippen LogP contribution in [-0.2, 0) is 6.42 Å². The summed E-state index contributed by atoms with van der Waals surface area (Å²) in [6.07, 6.45) is 2.25. The molecule has 1 aromatic carbocycles. The first-order valence-electron chi connectivity index (χ1n) is 6.26. The van der Waals surface area contributed by atoms with E-state index in [4.69, 9.17) is 5.11 Å². The molecule has 20 heavy (non-hydrogen) atoms. The molecule has 1 N–H and O–H groups in total. The molecule has 0 atom stereocenters.